The molecule has 2 aromatic heterocycles. The molecule has 4 rings (SSSR count). The van der Waals surface area contributed by atoms with E-state index >= 15 is 0 Å². The molecule has 3 aromatic rings. The SMILES string of the molecule is O=c1c2c(sc3ccccc13)SSC2c1cccs1. The van der Waals surface area contributed by atoms with Crippen LogP contribution in [0, 0.1) is 0 Å². The van der Waals surface area contributed by atoms with Gasteiger partial charge in [0.05, 0.1) is 9.46 Å². The summed E-state index contributed by atoms with van der Waals surface area (Å²) in [7, 11) is 3.54. The Morgan fingerprint density at radius 3 is 2.79 bits per heavy atom. The summed E-state index contributed by atoms with van der Waals surface area (Å²) in [6.45, 7) is 0. The summed E-state index contributed by atoms with van der Waals surface area (Å²) in [5.74, 6) is 0. The van der Waals surface area contributed by atoms with Gasteiger partial charge < -0.3 is 0 Å². The minimum Gasteiger partial charge on any atom is -0.289 e. The molecule has 0 bridgehead atoms. The van der Waals surface area contributed by atoms with Crippen LogP contribution in [-0.4, -0.2) is 0 Å². The second-order valence-electron chi connectivity index (χ2n) is 4.20. The van der Waals surface area contributed by atoms with E-state index in [2.05, 4.69) is 17.5 Å². The average molecular weight is 320 g/mol. The smallest absolute Gasteiger partial charge is 0.193 e. The van der Waals surface area contributed by atoms with Crippen LogP contribution in [0.25, 0.3) is 10.1 Å². The molecule has 1 unspecified atom stereocenters. The highest BCUT2D eigenvalue weighted by Crippen LogP contribution is 2.57. The number of hydrogen-bond donors (Lipinski definition) is 0. The van der Waals surface area contributed by atoms with Gasteiger partial charge in [0.2, 0.25) is 0 Å². The molecular weight excluding hydrogens is 312 g/mol. The van der Waals surface area contributed by atoms with E-state index in [-0.39, 0.29) is 10.7 Å². The molecular formula is C14H8OS4. The Labute approximate surface area is 126 Å². The Morgan fingerprint density at radius 1 is 1.05 bits per heavy atom. The van der Waals surface area contributed by atoms with Crippen LogP contribution < -0.4 is 5.43 Å². The number of thiophene rings is 1. The Balaban J connectivity index is 2.01. The van der Waals surface area contributed by atoms with Gasteiger partial charge in [0.25, 0.3) is 0 Å². The monoisotopic (exact) mass is 320 g/mol. The number of rotatable bonds is 1. The van der Waals surface area contributed by atoms with Gasteiger partial charge >= 0.3 is 0 Å². The van der Waals surface area contributed by atoms with Crippen molar-refractivity contribution >= 4 is 54.3 Å². The fraction of sp³-hybridized carbons (Fsp3) is 0.0714. The van der Waals surface area contributed by atoms with Gasteiger partial charge in [0, 0.05) is 20.5 Å². The van der Waals surface area contributed by atoms with Crippen LogP contribution in [0.4, 0.5) is 0 Å². The molecule has 0 spiro atoms. The van der Waals surface area contributed by atoms with Crippen molar-refractivity contribution < 1.29 is 0 Å². The van der Waals surface area contributed by atoms with Crippen LogP contribution in [-0.2, 0) is 0 Å². The summed E-state index contributed by atoms with van der Waals surface area (Å²) >= 11 is 3.47. The largest absolute Gasteiger partial charge is 0.289 e. The van der Waals surface area contributed by atoms with E-state index in [0.717, 1.165) is 15.6 Å². The lowest BCUT2D eigenvalue weighted by Gasteiger charge is -2.06. The highest BCUT2D eigenvalue weighted by molar-refractivity contribution is 8.77. The average Bonchev–Trinajstić information content (AvgIpc) is 3.07. The normalized spacial score (nSPS) is 17.8. The quantitative estimate of drug-likeness (QED) is 0.576. The van der Waals surface area contributed by atoms with Crippen molar-refractivity contribution in [2.75, 3.05) is 0 Å². The second-order valence-corrected chi connectivity index (χ2v) is 8.81. The zero-order chi connectivity index (χ0) is 12.8. The molecule has 5 heteroatoms. The molecule has 0 N–H and O–H groups in total. The maximum atomic E-state index is 12.7. The van der Waals surface area contributed by atoms with Gasteiger partial charge in [-0.1, -0.05) is 29.0 Å². The lowest BCUT2D eigenvalue weighted by atomic mass is 10.1. The maximum Gasteiger partial charge on any atom is 0.193 e. The predicted molar refractivity (Wildman–Crippen MR) is 87.7 cm³/mol. The first-order chi connectivity index (χ1) is 9.34. The molecule has 1 aromatic carbocycles. The fourth-order valence-electron chi connectivity index (χ4n) is 2.19. The second kappa shape index (κ2) is 4.66. The Morgan fingerprint density at radius 2 is 1.95 bits per heavy atom. The van der Waals surface area contributed by atoms with Crippen molar-refractivity contribution in [2.24, 2.45) is 0 Å². The molecule has 1 nitrogen and oxygen atoms in total. The van der Waals surface area contributed by atoms with Gasteiger partial charge in [-0.2, -0.15) is 0 Å². The number of hydrogen-bond acceptors (Lipinski definition) is 5. The van der Waals surface area contributed by atoms with E-state index in [9.17, 15) is 4.79 Å². The van der Waals surface area contributed by atoms with Crippen molar-refractivity contribution in [3.05, 3.63) is 62.4 Å². The maximum absolute atomic E-state index is 12.7. The van der Waals surface area contributed by atoms with E-state index in [1.165, 1.54) is 9.09 Å². The van der Waals surface area contributed by atoms with E-state index in [4.69, 9.17) is 0 Å². The minimum absolute atomic E-state index is 0.202. The van der Waals surface area contributed by atoms with Gasteiger partial charge in [0.1, 0.15) is 0 Å². The third-order valence-corrected chi connectivity index (χ3v) is 8.48. The van der Waals surface area contributed by atoms with Gasteiger partial charge in [-0.3, -0.25) is 4.79 Å². The Hall–Kier alpha value is -0.750. The van der Waals surface area contributed by atoms with E-state index in [0.29, 0.717) is 0 Å². The molecule has 19 heavy (non-hydrogen) atoms. The first-order valence-electron chi connectivity index (χ1n) is 5.77. The summed E-state index contributed by atoms with van der Waals surface area (Å²) < 4.78 is 2.26. The summed E-state index contributed by atoms with van der Waals surface area (Å²) in [5.41, 5.74) is 1.20. The molecule has 0 fully saturated rings. The highest BCUT2D eigenvalue weighted by Gasteiger charge is 2.30. The molecule has 0 amide bonds. The van der Waals surface area contributed by atoms with Crippen LogP contribution >= 0.6 is 44.3 Å². The van der Waals surface area contributed by atoms with Crippen molar-refractivity contribution in [2.45, 2.75) is 9.46 Å². The molecule has 0 saturated heterocycles. The van der Waals surface area contributed by atoms with Crippen molar-refractivity contribution in [1.82, 2.24) is 0 Å². The number of fused-ring (bicyclic) bond motifs is 2. The van der Waals surface area contributed by atoms with Crippen LogP contribution in [0.1, 0.15) is 15.7 Å². The third kappa shape index (κ3) is 1.88. The molecule has 0 aliphatic carbocycles. The first kappa shape index (κ1) is 12.0. The van der Waals surface area contributed by atoms with Crippen molar-refractivity contribution in [3.8, 4) is 0 Å². The van der Waals surface area contributed by atoms with Gasteiger partial charge in [0.15, 0.2) is 5.43 Å². The molecule has 94 valence electrons. The standard InChI is InChI=1S/C14H8OS4/c15-12-8-4-1-2-5-9(8)17-14-11(12)13(18-19-14)10-6-3-7-16-10/h1-7,13H. The summed E-state index contributed by atoms with van der Waals surface area (Å²) in [4.78, 5) is 14.0. The zero-order valence-electron chi connectivity index (χ0n) is 9.66. The van der Waals surface area contributed by atoms with Crippen molar-refractivity contribution in [3.63, 3.8) is 0 Å². The summed E-state index contributed by atoms with van der Waals surface area (Å²) in [6, 6.07) is 12.1. The Bertz CT molecular complexity index is 804. The molecule has 1 aliphatic rings. The van der Waals surface area contributed by atoms with Gasteiger partial charge in [-0.25, -0.2) is 0 Å². The van der Waals surface area contributed by atoms with E-state index < -0.39 is 0 Å². The Kier molecular flexibility index (Phi) is 2.95. The lowest BCUT2D eigenvalue weighted by Crippen LogP contribution is -2.10. The van der Waals surface area contributed by atoms with Crippen molar-refractivity contribution in [1.29, 1.82) is 0 Å². The highest BCUT2D eigenvalue weighted by atomic mass is 33.1. The van der Waals surface area contributed by atoms with Crippen LogP contribution in [0.5, 0.6) is 0 Å². The van der Waals surface area contributed by atoms with Gasteiger partial charge in [-0.15, -0.1) is 22.7 Å². The predicted octanol–water partition coefficient (Wildman–Crippen LogP) is 5.17. The number of benzene rings is 1. The van der Waals surface area contributed by atoms with Crippen LogP contribution in [0.15, 0.2) is 50.8 Å². The first-order valence-corrected chi connectivity index (χ1v) is 9.68. The van der Waals surface area contributed by atoms with Crippen LogP contribution in [0.2, 0.25) is 0 Å². The lowest BCUT2D eigenvalue weighted by molar-refractivity contribution is 1.16. The van der Waals surface area contributed by atoms with E-state index in [1.54, 1.807) is 44.3 Å². The molecule has 3 heterocycles. The van der Waals surface area contributed by atoms with Crippen LogP contribution in [0.3, 0.4) is 0 Å². The third-order valence-electron chi connectivity index (χ3n) is 3.08. The summed E-state index contributed by atoms with van der Waals surface area (Å²) in [5, 5.41) is 3.14. The summed E-state index contributed by atoms with van der Waals surface area (Å²) in [6.07, 6.45) is 0. The fourth-order valence-corrected chi connectivity index (χ4v) is 7.95. The minimum atomic E-state index is 0.202. The molecule has 0 saturated carbocycles. The molecule has 1 aliphatic heterocycles. The molecule has 1 atom stereocenters. The molecule has 0 radical (unpaired) electrons. The van der Waals surface area contributed by atoms with E-state index in [1.807, 2.05) is 24.3 Å². The van der Waals surface area contributed by atoms with Gasteiger partial charge in [-0.05, 0) is 34.4 Å². The zero-order valence-corrected chi connectivity index (χ0v) is 12.9. The topological polar surface area (TPSA) is 17.1 Å².